The lowest BCUT2D eigenvalue weighted by molar-refractivity contribution is -0.110. The number of allylic oxidation sites excluding steroid dienone is 1. The topological polar surface area (TPSA) is 29.1 Å². The van der Waals surface area contributed by atoms with Crippen LogP contribution in [-0.4, -0.2) is 5.91 Å². The average Bonchev–Trinajstić information content (AvgIpc) is 2.79. The van der Waals surface area contributed by atoms with Gasteiger partial charge in [0.1, 0.15) is 5.82 Å². The highest BCUT2D eigenvalue weighted by Gasteiger charge is 2.25. The molecule has 2 nitrogen and oxygen atoms in total. The van der Waals surface area contributed by atoms with Crippen LogP contribution in [0.25, 0.3) is 5.57 Å². The number of hydrogen-bond donors (Lipinski definition) is 1. The van der Waals surface area contributed by atoms with Crippen LogP contribution in [0.1, 0.15) is 24.0 Å². The van der Waals surface area contributed by atoms with E-state index in [0.29, 0.717) is 16.8 Å². The quantitative estimate of drug-likeness (QED) is 0.573. The zero-order chi connectivity index (χ0) is 16.4. The van der Waals surface area contributed by atoms with Crippen molar-refractivity contribution in [1.82, 2.24) is 0 Å². The van der Waals surface area contributed by atoms with E-state index in [1.54, 1.807) is 0 Å². The summed E-state index contributed by atoms with van der Waals surface area (Å²) in [5, 5.41) is 3.43. The number of anilines is 1. The van der Waals surface area contributed by atoms with E-state index in [2.05, 4.69) is 5.32 Å². The molecule has 0 atom stereocenters. The second-order valence-electron chi connectivity index (χ2n) is 5.41. The summed E-state index contributed by atoms with van der Waals surface area (Å²) in [6.45, 7) is 0. The fraction of sp³-hybridized carbons (Fsp3) is 0.167. The molecule has 1 N–H and O–H groups in total. The molecule has 0 bridgehead atoms. The maximum Gasteiger partial charge on any atom is 0.256 e. The minimum Gasteiger partial charge on any atom is -0.321 e. The number of aryl methyl sites for hydroxylation is 1. The van der Waals surface area contributed by atoms with Crippen molar-refractivity contribution in [2.75, 3.05) is 5.32 Å². The fourth-order valence-corrected chi connectivity index (χ4v) is 3.01. The normalized spacial score (nSPS) is 14.9. The summed E-state index contributed by atoms with van der Waals surface area (Å²) >= 11 is 11.7. The molecule has 0 spiro atoms. The van der Waals surface area contributed by atoms with Gasteiger partial charge in [-0.25, -0.2) is 4.39 Å². The van der Waals surface area contributed by atoms with Gasteiger partial charge >= 0.3 is 0 Å². The van der Waals surface area contributed by atoms with E-state index in [1.807, 2.05) is 30.3 Å². The molecule has 118 valence electrons. The van der Waals surface area contributed by atoms with E-state index in [-0.39, 0.29) is 10.9 Å². The van der Waals surface area contributed by atoms with Gasteiger partial charge in [0.05, 0.1) is 10.7 Å². The number of halogens is 3. The number of carbonyl (C=O) groups excluding carboxylic acids is 1. The maximum atomic E-state index is 13.6. The van der Waals surface area contributed by atoms with Crippen molar-refractivity contribution in [3.05, 3.63) is 69.5 Å². The zero-order valence-electron chi connectivity index (χ0n) is 12.2. The molecular weight excluding hydrogens is 336 g/mol. The molecule has 0 fully saturated rings. The molecule has 0 radical (unpaired) electrons. The van der Waals surface area contributed by atoms with Gasteiger partial charge in [0.2, 0.25) is 0 Å². The van der Waals surface area contributed by atoms with Gasteiger partial charge in [0, 0.05) is 16.2 Å². The summed E-state index contributed by atoms with van der Waals surface area (Å²) in [6.07, 6.45) is 4.31. The van der Waals surface area contributed by atoms with Gasteiger partial charge in [-0.2, -0.15) is 0 Å². The molecule has 23 heavy (non-hydrogen) atoms. The largest absolute Gasteiger partial charge is 0.321 e. The molecule has 1 aliphatic rings. The summed E-state index contributed by atoms with van der Waals surface area (Å²) in [5.74, 6) is -0.740. The highest BCUT2D eigenvalue weighted by atomic mass is 35.5. The molecule has 1 heterocycles. The van der Waals surface area contributed by atoms with Crippen LogP contribution >= 0.6 is 23.2 Å². The number of nitrogens with one attached hydrogen (secondary N) is 1. The van der Waals surface area contributed by atoms with Crippen LogP contribution in [-0.2, 0) is 11.2 Å². The summed E-state index contributed by atoms with van der Waals surface area (Å²) in [7, 11) is 0. The van der Waals surface area contributed by atoms with Gasteiger partial charge < -0.3 is 5.32 Å². The Kier molecular flexibility index (Phi) is 4.69. The molecule has 0 aromatic heterocycles. The highest BCUT2D eigenvalue weighted by Crippen LogP contribution is 2.35. The van der Waals surface area contributed by atoms with Crippen LogP contribution in [0.4, 0.5) is 10.1 Å². The van der Waals surface area contributed by atoms with E-state index < -0.39 is 5.82 Å². The molecule has 0 aliphatic carbocycles. The number of unbranched alkanes of at least 4 members (excludes halogenated alkanes) is 1. The Bertz CT molecular complexity index is 802. The zero-order valence-corrected chi connectivity index (χ0v) is 13.7. The van der Waals surface area contributed by atoms with Crippen molar-refractivity contribution in [2.24, 2.45) is 0 Å². The van der Waals surface area contributed by atoms with Crippen LogP contribution < -0.4 is 5.32 Å². The third kappa shape index (κ3) is 3.57. The average molecular weight is 350 g/mol. The van der Waals surface area contributed by atoms with Crippen molar-refractivity contribution in [3.8, 4) is 0 Å². The molecule has 5 heteroatoms. The number of amides is 1. The van der Waals surface area contributed by atoms with E-state index in [1.165, 1.54) is 12.1 Å². The van der Waals surface area contributed by atoms with Crippen LogP contribution in [0.3, 0.4) is 0 Å². The minimum absolute atomic E-state index is 0.00579. The fourth-order valence-electron chi connectivity index (χ4n) is 2.63. The predicted molar refractivity (Wildman–Crippen MR) is 92.4 cm³/mol. The smallest absolute Gasteiger partial charge is 0.256 e. The first-order valence-electron chi connectivity index (χ1n) is 7.30. The minimum atomic E-state index is -0.522. The molecule has 0 saturated carbocycles. The monoisotopic (exact) mass is 349 g/mol. The van der Waals surface area contributed by atoms with Crippen molar-refractivity contribution >= 4 is 40.4 Å². The van der Waals surface area contributed by atoms with Gasteiger partial charge in [-0.3, -0.25) is 4.79 Å². The summed E-state index contributed by atoms with van der Waals surface area (Å²) in [5.41, 5.74) is 2.79. The SMILES string of the molecule is O=C1Nc2cc(Cl)c(F)cc2C1=CCCCc1cccc(Cl)c1. The summed E-state index contributed by atoms with van der Waals surface area (Å²) in [6, 6.07) is 10.5. The van der Waals surface area contributed by atoms with E-state index in [0.717, 1.165) is 29.8 Å². The Morgan fingerprint density at radius 3 is 2.78 bits per heavy atom. The second-order valence-corrected chi connectivity index (χ2v) is 6.25. The Morgan fingerprint density at radius 1 is 1.17 bits per heavy atom. The van der Waals surface area contributed by atoms with Crippen molar-refractivity contribution in [2.45, 2.75) is 19.3 Å². The van der Waals surface area contributed by atoms with Gasteiger partial charge in [0.25, 0.3) is 5.91 Å². The number of carbonyl (C=O) groups is 1. The van der Waals surface area contributed by atoms with E-state index in [4.69, 9.17) is 23.2 Å². The Balaban J connectivity index is 1.69. The molecule has 0 saturated heterocycles. The van der Waals surface area contributed by atoms with Gasteiger partial charge in [-0.1, -0.05) is 41.4 Å². The molecular formula is C18H14Cl2FNO. The predicted octanol–water partition coefficient (Wildman–Crippen LogP) is 5.49. The van der Waals surface area contributed by atoms with Gasteiger partial charge in [-0.15, -0.1) is 0 Å². The first-order valence-corrected chi connectivity index (χ1v) is 8.05. The lowest BCUT2D eigenvalue weighted by Crippen LogP contribution is -2.03. The lowest BCUT2D eigenvalue weighted by Gasteiger charge is -2.02. The third-order valence-corrected chi connectivity index (χ3v) is 4.28. The standard InChI is InChI=1S/C18H14Cl2FNO/c19-12-6-3-5-11(8-12)4-1-2-7-13-14-9-16(21)15(20)10-17(14)22-18(13)23/h3,5-10H,1-2,4H2,(H,22,23). The van der Waals surface area contributed by atoms with Crippen LogP contribution in [0.5, 0.6) is 0 Å². The third-order valence-electron chi connectivity index (χ3n) is 3.75. The van der Waals surface area contributed by atoms with Gasteiger partial charge in [0.15, 0.2) is 0 Å². The summed E-state index contributed by atoms with van der Waals surface area (Å²) < 4.78 is 13.6. The number of fused-ring (bicyclic) bond motifs is 1. The maximum absolute atomic E-state index is 13.6. The van der Waals surface area contributed by atoms with Crippen LogP contribution in [0.15, 0.2) is 42.5 Å². The summed E-state index contributed by atoms with van der Waals surface area (Å²) in [4.78, 5) is 12.0. The molecule has 2 aromatic rings. The molecule has 0 unspecified atom stereocenters. The van der Waals surface area contributed by atoms with Crippen molar-refractivity contribution in [1.29, 1.82) is 0 Å². The second kappa shape index (κ2) is 6.73. The molecule has 2 aromatic carbocycles. The number of benzene rings is 2. The Hall–Kier alpha value is -1.84. The van der Waals surface area contributed by atoms with E-state index >= 15 is 0 Å². The Morgan fingerprint density at radius 2 is 2.00 bits per heavy atom. The van der Waals surface area contributed by atoms with Gasteiger partial charge in [-0.05, 0) is 49.1 Å². The van der Waals surface area contributed by atoms with Crippen molar-refractivity contribution in [3.63, 3.8) is 0 Å². The first-order chi connectivity index (χ1) is 11.0. The molecule has 1 aliphatic heterocycles. The first kappa shape index (κ1) is 16.0. The lowest BCUT2D eigenvalue weighted by atomic mass is 10.0. The molecule has 3 rings (SSSR count). The Labute approximate surface area is 143 Å². The highest BCUT2D eigenvalue weighted by molar-refractivity contribution is 6.34. The number of rotatable bonds is 4. The number of hydrogen-bond acceptors (Lipinski definition) is 1. The van der Waals surface area contributed by atoms with Crippen LogP contribution in [0.2, 0.25) is 10.0 Å². The van der Waals surface area contributed by atoms with Crippen LogP contribution in [0, 0.1) is 5.82 Å². The molecule has 1 amide bonds. The van der Waals surface area contributed by atoms with E-state index in [9.17, 15) is 9.18 Å². The van der Waals surface area contributed by atoms with Crippen molar-refractivity contribution < 1.29 is 9.18 Å².